The van der Waals surface area contributed by atoms with Gasteiger partial charge in [0.1, 0.15) is 12.7 Å². The second-order valence-corrected chi connectivity index (χ2v) is 5.37. The molecule has 24 heavy (non-hydrogen) atoms. The number of amides is 1. The van der Waals surface area contributed by atoms with Crippen LogP contribution < -0.4 is 5.32 Å². The fourth-order valence-corrected chi connectivity index (χ4v) is 2.37. The Labute approximate surface area is 150 Å². The minimum atomic E-state index is -1.16. The van der Waals surface area contributed by atoms with E-state index < -0.39 is 12.1 Å². The van der Waals surface area contributed by atoms with E-state index in [0.717, 1.165) is 5.56 Å². The van der Waals surface area contributed by atoms with Crippen molar-refractivity contribution in [3.8, 4) is 17.9 Å². The van der Waals surface area contributed by atoms with Crippen LogP contribution in [0.4, 0.5) is 0 Å². The molecule has 0 fully saturated rings. The van der Waals surface area contributed by atoms with Crippen molar-refractivity contribution in [3.63, 3.8) is 0 Å². The molecule has 1 amide bonds. The van der Waals surface area contributed by atoms with Crippen LogP contribution in [0.1, 0.15) is 15.9 Å². The van der Waals surface area contributed by atoms with Crippen molar-refractivity contribution < 1.29 is 9.53 Å². The fraction of sp³-hybridized carbons (Fsp3) is 0.111. The summed E-state index contributed by atoms with van der Waals surface area (Å²) in [5, 5.41) is 11.9. The normalized spacial score (nSPS) is 10.9. The Morgan fingerprint density at radius 3 is 2.42 bits per heavy atom. The van der Waals surface area contributed by atoms with E-state index in [1.165, 1.54) is 12.1 Å². The summed E-state index contributed by atoms with van der Waals surface area (Å²) in [6, 6.07) is 15.9. The highest BCUT2D eigenvalue weighted by Crippen LogP contribution is 2.24. The summed E-state index contributed by atoms with van der Waals surface area (Å²) in [4.78, 5) is 12.2. The van der Waals surface area contributed by atoms with Gasteiger partial charge in [-0.25, -0.2) is 0 Å². The highest BCUT2D eigenvalue weighted by atomic mass is 35.5. The molecule has 0 aliphatic carbocycles. The lowest BCUT2D eigenvalue weighted by Gasteiger charge is -2.12. The molecular formula is C18H12Cl2N2O2. The molecule has 0 spiro atoms. The highest BCUT2D eigenvalue weighted by molar-refractivity contribution is 6.39. The van der Waals surface area contributed by atoms with Crippen LogP contribution in [0.2, 0.25) is 10.0 Å². The van der Waals surface area contributed by atoms with Gasteiger partial charge < -0.3 is 10.1 Å². The molecule has 120 valence electrons. The van der Waals surface area contributed by atoms with E-state index >= 15 is 0 Å². The molecule has 1 atom stereocenters. The van der Waals surface area contributed by atoms with Crippen molar-refractivity contribution in [2.75, 3.05) is 6.61 Å². The molecule has 2 rings (SSSR count). The molecule has 1 N–H and O–H groups in total. The van der Waals surface area contributed by atoms with Gasteiger partial charge in [-0.3, -0.25) is 4.79 Å². The predicted molar refractivity (Wildman–Crippen MR) is 92.6 cm³/mol. The van der Waals surface area contributed by atoms with Crippen LogP contribution in [-0.2, 0) is 4.74 Å². The maximum atomic E-state index is 12.2. The molecule has 0 heterocycles. The Hall–Kier alpha value is -2.50. The Bertz CT molecular complexity index is 800. The van der Waals surface area contributed by atoms with Gasteiger partial charge in [-0.05, 0) is 24.3 Å². The molecule has 0 saturated carbocycles. The summed E-state index contributed by atoms with van der Waals surface area (Å²) in [7, 11) is 0. The molecule has 2 aromatic carbocycles. The second kappa shape index (κ2) is 8.96. The van der Waals surface area contributed by atoms with Gasteiger partial charge in [0.2, 0.25) is 6.23 Å². The number of carbonyl (C=O) groups is 1. The summed E-state index contributed by atoms with van der Waals surface area (Å²) < 4.78 is 5.23. The molecular weight excluding hydrogens is 347 g/mol. The third-order valence-electron chi connectivity index (χ3n) is 2.90. The van der Waals surface area contributed by atoms with Crippen molar-refractivity contribution in [3.05, 3.63) is 69.7 Å². The molecule has 0 saturated heterocycles. The van der Waals surface area contributed by atoms with Crippen LogP contribution in [0.5, 0.6) is 0 Å². The summed E-state index contributed by atoms with van der Waals surface area (Å²) in [6.07, 6.45) is -1.16. The van der Waals surface area contributed by atoms with Crippen LogP contribution in [0.15, 0.2) is 48.5 Å². The standard InChI is InChI=1S/C18H12Cl2N2O2/c19-14-9-4-10-15(20)17(14)18(23)22-16(12-21)24-11-5-8-13-6-2-1-3-7-13/h1-4,6-7,9-10,16H,11H2,(H,22,23). The molecule has 0 aliphatic heterocycles. The zero-order chi connectivity index (χ0) is 17.4. The average molecular weight is 359 g/mol. The third-order valence-corrected chi connectivity index (χ3v) is 3.53. The van der Waals surface area contributed by atoms with E-state index in [-0.39, 0.29) is 22.2 Å². The van der Waals surface area contributed by atoms with Crippen LogP contribution in [0.25, 0.3) is 0 Å². The number of nitrogens with one attached hydrogen (secondary N) is 1. The van der Waals surface area contributed by atoms with Gasteiger partial charge in [-0.15, -0.1) is 0 Å². The van der Waals surface area contributed by atoms with Gasteiger partial charge in [0, 0.05) is 5.56 Å². The first-order valence-corrected chi connectivity index (χ1v) is 7.67. The van der Waals surface area contributed by atoms with Crippen molar-refractivity contribution >= 4 is 29.1 Å². The lowest BCUT2D eigenvalue weighted by atomic mass is 10.2. The van der Waals surface area contributed by atoms with Gasteiger partial charge >= 0.3 is 0 Å². The van der Waals surface area contributed by atoms with E-state index in [4.69, 9.17) is 33.2 Å². The lowest BCUT2D eigenvalue weighted by molar-refractivity contribution is 0.0685. The quantitative estimate of drug-likeness (QED) is 0.670. The third kappa shape index (κ3) is 5.01. The SMILES string of the molecule is N#CC(NC(=O)c1c(Cl)cccc1Cl)OCC#Cc1ccccc1. The van der Waals surface area contributed by atoms with Crippen LogP contribution >= 0.6 is 23.2 Å². The Kier molecular flexibility index (Phi) is 6.66. The second-order valence-electron chi connectivity index (χ2n) is 4.56. The Morgan fingerprint density at radius 1 is 1.12 bits per heavy atom. The van der Waals surface area contributed by atoms with Crippen LogP contribution in [0, 0.1) is 23.2 Å². The van der Waals surface area contributed by atoms with Crippen molar-refractivity contribution in [2.45, 2.75) is 6.23 Å². The number of ether oxygens (including phenoxy) is 1. The maximum Gasteiger partial charge on any atom is 0.257 e. The van der Waals surface area contributed by atoms with E-state index in [1.807, 2.05) is 36.4 Å². The number of rotatable bonds is 4. The fourth-order valence-electron chi connectivity index (χ4n) is 1.80. The summed E-state index contributed by atoms with van der Waals surface area (Å²) in [5.41, 5.74) is 0.932. The number of nitriles is 1. The summed E-state index contributed by atoms with van der Waals surface area (Å²) >= 11 is 11.9. The number of halogens is 2. The monoisotopic (exact) mass is 358 g/mol. The number of benzene rings is 2. The Balaban J connectivity index is 1.94. The average Bonchev–Trinajstić information content (AvgIpc) is 2.58. The number of nitrogens with zero attached hydrogens (tertiary/aromatic N) is 1. The minimum Gasteiger partial charge on any atom is -0.332 e. The lowest BCUT2D eigenvalue weighted by Crippen LogP contribution is -2.36. The molecule has 6 heteroatoms. The largest absolute Gasteiger partial charge is 0.332 e. The Morgan fingerprint density at radius 2 is 1.79 bits per heavy atom. The molecule has 2 aromatic rings. The van der Waals surface area contributed by atoms with Crippen LogP contribution in [0.3, 0.4) is 0 Å². The molecule has 0 aromatic heterocycles. The minimum absolute atomic E-state index is 0.0103. The van der Waals surface area contributed by atoms with Crippen molar-refractivity contribution in [1.29, 1.82) is 5.26 Å². The van der Waals surface area contributed by atoms with Gasteiger partial charge in [0.15, 0.2) is 0 Å². The van der Waals surface area contributed by atoms with Crippen LogP contribution in [-0.4, -0.2) is 18.7 Å². The molecule has 0 aliphatic rings. The molecule has 1 unspecified atom stereocenters. The first kappa shape index (κ1) is 17.8. The molecule has 0 radical (unpaired) electrons. The summed E-state index contributed by atoms with van der Waals surface area (Å²) in [6.45, 7) is -0.0103. The van der Waals surface area contributed by atoms with E-state index in [9.17, 15) is 4.79 Å². The number of carbonyl (C=O) groups excluding carboxylic acids is 1. The van der Waals surface area contributed by atoms with Gasteiger partial charge in [0.25, 0.3) is 5.91 Å². The van der Waals surface area contributed by atoms with Crippen molar-refractivity contribution in [1.82, 2.24) is 5.32 Å². The van der Waals surface area contributed by atoms with E-state index in [0.29, 0.717) is 0 Å². The van der Waals surface area contributed by atoms with Gasteiger partial charge in [-0.1, -0.05) is 59.3 Å². The first-order valence-electron chi connectivity index (χ1n) is 6.92. The maximum absolute atomic E-state index is 12.2. The molecule has 4 nitrogen and oxygen atoms in total. The molecule has 0 bridgehead atoms. The topological polar surface area (TPSA) is 62.1 Å². The van der Waals surface area contributed by atoms with E-state index in [2.05, 4.69) is 17.2 Å². The number of hydrogen-bond donors (Lipinski definition) is 1. The predicted octanol–water partition coefficient (Wildman–Crippen LogP) is 3.64. The first-order chi connectivity index (χ1) is 11.6. The zero-order valence-electron chi connectivity index (χ0n) is 12.4. The van der Waals surface area contributed by atoms with Gasteiger partial charge in [0.05, 0.1) is 15.6 Å². The van der Waals surface area contributed by atoms with Crippen molar-refractivity contribution in [2.24, 2.45) is 0 Å². The van der Waals surface area contributed by atoms with Gasteiger partial charge in [-0.2, -0.15) is 5.26 Å². The highest BCUT2D eigenvalue weighted by Gasteiger charge is 2.18. The zero-order valence-corrected chi connectivity index (χ0v) is 13.9. The smallest absolute Gasteiger partial charge is 0.257 e. The van der Waals surface area contributed by atoms with E-state index in [1.54, 1.807) is 6.07 Å². The number of hydrogen-bond acceptors (Lipinski definition) is 3. The summed E-state index contributed by atoms with van der Waals surface area (Å²) in [5.74, 6) is 5.07.